The molecule has 1 aromatic carbocycles. The van der Waals surface area contributed by atoms with Gasteiger partial charge in [-0.05, 0) is 35.6 Å². The van der Waals surface area contributed by atoms with Crippen molar-refractivity contribution in [3.8, 4) is 0 Å². The fourth-order valence-electron chi connectivity index (χ4n) is 2.56. The van der Waals surface area contributed by atoms with E-state index in [1.54, 1.807) is 11.6 Å². The van der Waals surface area contributed by atoms with Crippen molar-refractivity contribution >= 4 is 17.3 Å². The molecular formula is C16H23ClN2. The highest BCUT2D eigenvalue weighted by molar-refractivity contribution is 6.30. The van der Waals surface area contributed by atoms with Crippen molar-refractivity contribution in [1.82, 2.24) is 4.90 Å². The summed E-state index contributed by atoms with van der Waals surface area (Å²) >= 11 is 6.04. The Kier molecular flexibility index (Phi) is 4.22. The molecule has 2 nitrogen and oxygen atoms in total. The van der Waals surface area contributed by atoms with Crippen LogP contribution < -0.4 is 5.73 Å². The number of halogens is 1. The second-order valence-electron chi connectivity index (χ2n) is 6.36. The maximum Gasteiger partial charge on any atom is 0.0429 e. The van der Waals surface area contributed by atoms with Crippen molar-refractivity contribution in [3.63, 3.8) is 0 Å². The van der Waals surface area contributed by atoms with Crippen LogP contribution in [0.25, 0.3) is 0 Å². The summed E-state index contributed by atoms with van der Waals surface area (Å²) in [5.74, 6) is 0. The first-order valence-electron chi connectivity index (χ1n) is 6.81. The van der Waals surface area contributed by atoms with Gasteiger partial charge in [0, 0.05) is 30.3 Å². The van der Waals surface area contributed by atoms with Gasteiger partial charge < -0.3 is 5.73 Å². The minimum Gasteiger partial charge on any atom is -0.399 e. The van der Waals surface area contributed by atoms with Crippen molar-refractivity contribution < 1.29 is 0 Å². The summed E-state index contributed by atoms with van der Waals surface area (Å²) in [6.45, 7) is 9.89. The van der Waals surface area contributed by atoms with Gasteiger partial charge in [0.15, 0.2) is 0 Å². The van der Waals surface area contributed by atoms with Crippen molar-refractivity contribution in [2.24, 2.45) is 5.41 Å². The van der Waals surface area contributed by atoms with E-state index in [0.29, 0.717) is 5.41 Å². The summed E-state index contributed by atoms with van der Waals surface area (Å²) in [5, 5.41) is 0.720. The Balaban J connectivity index is 2.01. The number of nitrogen functional groups attached to an aromatic ring is 1. The molecule has 0 atom stereocenters. The van der Waals surface area contributed by atoms with E-state index < -0.39 is 0 Å². The van der Waals surface area contributed by atoms with Gasteiger partial charge in [-0.1, -0.05) is 44.0 Å². The molecule has 3 heteroatoms. The molecule has 0 aromatic heterocycles. The molecule has 0 unspecified atom stereocenters. The first kappa shape index (κ1) is 14.4. The van der Waals surface area contributed by atoms with E-state index >= 15 is 0 Å². The van der Waals surface area contributed by atoms with Crippen LogP contribution in [0.15, 0.2) is 29.8 Å². The Morgan fingerprint density at radius 1 is 1.26 bits per heavy atom. The molecule has 1 aliphatic rings. The van der Waals surface area contributed by atoms with Crippen molar-refractivity contribution in [2.75, 3.05) is 18.8 Å². The molecule has 0 radical (unpaired) electrons. The second-order valence-corrected chi connectivity index (χ2v) is 6.79. The Morgan fingerprint density at radius 2 is 2.00 bits per heavy atom. The normalized spacial score (nSPS) is 17.4. The van der Waals surface area contributed by atoms with Gasteiger partial charge in [-0.3, -0.25) is 4.90 Å². The molecule has 0 spiro atoms. The van der Waals surface area contributed by atoms with Crippen LogP contribution in [0.5, 0.6) is 0 Å². The van der Waals surface area contributed by atoms with E-state index in [1.807, 2.05) is 12.1 Å². The van der Waals surface area contributed by atoms with E-state index in [4.69, 9.17) is 17.3 Å². The summed E-state index contributed by atoms with van der Waals surface area (Å²) in [7, 11) is 0. The quantitative estimate of drug-likeness (QED) is 0.652. The molecule has 0 saturated carbocycles. The lowest BCUT2D eigenvalue weighted by atomic mass is 9.83. The van der Waals surface area contributed by atoms with Crippen LogP contribution in [0.4, 0.5) is 5.69 Å². The fraction of sp³-hybridized carbons (Fsp3) is 0.500. The first-order chi connectivity index (χ1) is 8.84. The number of hydrogen-bond acceptors (Lipinski definition) is 2. The van der Waals surface area contributed by atoms with E-state index in [-0.39, 0.29) is 0 Å². The predicted octanol–water partition coefficient (Wildman–Crippen LogP) is 4.10. The monoisotopic (exact) mass is 278 g/mol. The van der Waals surface area contributed by atoms with Gasteiger partial charge in [0.2, 0.25) is 0 Å². The summed E-state index contributed by atoms with van der Waals surface area (Å²) < 4.78 is 0. The van der Waals surface area contributed by atoms with Gasteiger partial charge in [-0.15, -0.1) is 0 Å². The number of rotatable bonds is 2. The molecule has 2 rings (SSSR count). The van der Waals surface area contributed by atoms with Gasteiger partial charge >= 0.3 is 0 Å². The zero-order valence-electron chi connectivity index (χ0n) is 12.0. The average molecular weight is 279 g/mol. The van der Waals surface area contributed by atoms with Crippen LogP contribution >= 0.6 is 11.6 Å². The largest absolute Gasteiger partial charge is 0.399 e. The average Bonchev–Trinajstić information content (AvgIpc) is 2.26. The fourth-order valence-corrected chi connectivity index (χ4v) is 2.83. The zero-order chi connectivity index (χ0) is 14.0. The lowest BCUT2D eigenvalue weighted by Gasteiger charge is -2.32. The van der Waals surface area contributed by atoms with Crippen LogP contribution in [0, 0.1) is 5.41 Å². The SMILES string of the molecule is CC(C)(C)C1=CCN(Cc2cc(N)cc(Cl)c2)CC1. The summed E-state index contributed by atoms with van der Waals surface area (Å²) in [6, 6.07) is 5.80. The number of nitrogens with two attached hydrogens (primary N) is 1. The highest BCUT2D eigenvalue weighted by Gasteiger charge is 2.21. The maximum absolute atomic E-state index is 6.04. The highest BCUT2D eigenvalue weighted by Crippen LogP contribution is 2.30. The molecule has 0 aliphatic carbocycles. The third-order valence-electron chi connectivity index (χ3n) is 3.64. The van der Waals surface area contributed by atoms with E-state index in [2.05, 4.69) is 31.7 Å². The van der Waals surface area contributed by atoms with E-state index in [9.17, 15) is 0 Å². The number of benzene rings is 1. The molecule has 0 saturated heterocycles. The number of anilines is 1. The van der Waals surface area contributed by atoms with Gasteiger partial charge in [0.05, 0.1) is 0 Å². The minimum absolute atomic E-state index is 0.298. The van der Waals surface area contributed by atoms with Crippen LogP contribution in [-0.2, 0) is 6.54 Å². The lowest BCUT2D eigenvalue weighted by Crippen LogP contribution is -2.30. The molecule has 1 aliphatic heterocycles. The topological polar surface area (TPSA) is 29.3 Å². The summed E-state index contributed by atoms with van der Waals surface area (Å²) in [4.78, 5) is 2.43. The smallest absolute Gasteiger partial charge is 0.0429 e. The maximum atomic E-state index is 6.04. The van der Waals surface area contributed by atoms with Crippen LogP contribution in [-0.4, -0.2) is 18.0 Å². The summed E-state index contributed by atoms with van der Waals surface area (Å²) in [6.07, 6.45) is 3.52. The Morgan fingerprint density at radius 3 is 2.53 bits per heavy atom. The van der Waals surface area contributed by atoms with Crippen LogP contribution in [0.3, 0.4) is 0 Å². The molecule has 1 heterocycles. The van der Waals surface area contributed by atoms with Gasteiger partial charge in [0.25, 0.3) is 0 Å². The van der Waals surface area contributed by atoms with Crippen LogP contribution in [0.2, 0.25) is 5.02 Å². The van der Waals surface area contributed by atoms with Crippen molar-refractivity contribution in [2.45, 2.75) is 33.7 Å². The Hall–Kier alpha value is -0.990. The van der Waals surface area contributed by atoms with E-state index in [1.165, 1.54) is 5.56 Å². The predicted molar refractivity (Wildman–Crippen MR) is 83.3 cm³/mol. The molecule has 0 amide bonds. The minimum atomic E-state index is 0.298. The molecular weight excluding hydrogens is 256 g/mol. The van der Waals surface area contributed by atoms with Gasteiger partial charge in [-0.2, -0.15) is 0 Å². The molecule has 104 valence electrons. The Labute approximate surface area is 121 Å². The standard InChI is InChI=1S/C16H23ClN2/c1-16(2,3)13-4-6-19(7-5-13)11-12-8-14(17)10-15(18)9-12/h4,8-10H,5-7,11,18H2,1-3H3. The molecule has 2 N–H and O–H groups in total. The number of hydrogen-bond donors (Lipinski definition) is 1. The third kappa shape index (κ3) is 3.99. The second kappa shape index (κ2) is 5.56. The lowest BCUT2D eigenvalue weighted by molar-refractivity contribution is 0.271. The zero-order valence-corrected chi connectivity index (χ0v) is 12.8. The molecule has 19 heavy (non-hydrogen) atoms. The number of nitrogens with zero attached hydrogens (tertiary/aromatic N) is 1. The van der Waals surface area contributed by atoms with Gasteiger partial charge in [0.1, 0.15) is 0 Å². The molecule has 1 aromatic rings. The highest BCUT2D eigenvalue weighted by atomic mass is 35.5. The van der Waals surface area contributed by atoms with Crippen molar-refractivity contribution in [1.29, 1.82) is 0 Å². The third-order valence-corrected chi connectivity index (χ3v) is 3.86. The van der Waals surface area contributed by atoms with Crippen LogP contribution in [0.1, 0.15) is 32.8 Å². The van der Waals surface area contributed by atoms with E-state index in [0.717, 1.165) is 36.8 Å². The summed E-state index contributed by atoms with van der Waals surface area (Å²) in [5.41, 5.74) is 9.62. The van der Waals surface area contributed by atoms with Crippen molar-refractivity contribution in [3.05, 3.63) is 40.4 Å². The molecule has 0 fully saturated rings. The first-order valence-corrected chi connectivity index (χ1v) is 7.19. The Bertz CT molecular complexity index is 466. The molecule has 0 bridgehead atoms. The van der Waals surface area contributed by atoms with Gasteiger partial charge in [-0.25, -0.2) is 0 Å².